The molecular formula is C9H7N3O2. The van der Waals surface area contributed by atoms with Crippen LogP contribution in [0.4, 0.5) is 0 Å². The van der Waals surface area contributed by atoms with Crippen LogP contribution >= 0.6 is 0 Å². The third-order valence-corrected chi connectivity index (χ3v) is 1.79. The van der Waals surface area contributed by atoms with Crippen molar-refractivity contribution in [2.24, 2.45) is 0 Å². The van der Waals surface area contributed by atoms with E-state index in [0.717, 1.165) is 0 Å². The average Bonchev–Trinajstić information content (AvgIpc) is 2.67. The number of aromatic carboxylic acids is 1. The second-order valence-electron chi connectivity index (χ2n) is 2.67. The fraction of sp³-hybridized carbons (Fsp3) is 0. The Labute approximate surface area is 79.5 Å². The summed E-state index contributed by atoms with van der Waals surface area (Å²) in [7, 11) is 0. The lowest BCUT2D eigenvalue weighted by atomic mass is 10.2. The van der Waals surface area contributed by atoms with Crippen molar-refractivity contribution in [1.82, 2.24) is 15.0 Å². The van der Waals surface area contributed by atoms with Gasteiger partial charge in [0.05, 0.1) is 6.33 Å². The van der Waals surface area contributed by atoms with Crippen molar-refractivity contribution in [2.45, 2.75) is 0 Å². The Bertz CT molecular complexity index is 450. The molecule has 0 atom stereocenters. The van der Waals surface area contributed by atoms with Crippen LogP contribution in [0.3, 0.4) is 0 Å². The molecule has 0 amide bonds. The molecule has 0 aliphatic carbocycles. The van der Waals surface area contributed by atoms with Gasteiger partial charge >= 0.3 is 5.97 Å². The zero-order valence-electron chi connectivity index (χ0n) is 7.14. The summed E-state index contributed by atoms with van der Waals surface area (Å²) in [6, 6.07) is 3.49. The van der Waals surface area contributed by atoms with E-state index in [9.17, 15) is 4.79 Å². The van der Waals surface area contributed by atoms with E-state index in [1.54, 1.807) is 24.5 Å². The highest BCUT2D eigenvalue weighted by Gasteiger charge is 2.13. The first kappa shape index (κ1) is 8.43. The molecule has 2 aromatic rings. The number of hydrogen-bond acceptors (Lipinski definition) is 3. The molecule has 5 nitrogen and oxygen atoms in total. The number of carboxylic acids is 1. The molecule has 0 radical (unpaired) electrons. The van der Waals surface area contributed by atoms with E-state index < -0.39 is 5.97 Å². The molecule has 0 unspecified atom stereocenters. The van der Waals surface area contributed by atoms with Gasteiger partial charge in [0.2, 0.25) is 0 Å². The van der Waals surface area contributed by atoms with Crippen molar-refractivity contribution in [1.29, 1.82) is 0 Å². The van der Waals surface area contributed by atoms with Crippen molar-refractivity contribution in [3.05, 3.63) is 36.5 Å². The highest BCUT2D eigenvalue weighted by molar-refractivity contribution is 5.92. The van der Waals surface area contributed by atoms with Crippen molar-refractivity contribution in [2.75, 3.05) is 0 Å². The first-order valence-electron chi connectivity index (χ1n) is 3.96. The van der Waals surface area contributed by atoms with Gasteiger partial charge in [-0.2, -0.15) is 0 Å². The van der Waals surface area contributed by atoms with Crippen LogP contribution in [-0.2, 0) is 0 Å². The lowest BCUT2D eigenvalue weighted by Crippen LogP contribution is -1.99. The number of aromatic amines is 1. The van der Waals surface area contributed by atoms with Crippen LogP contribution in [0.1, 0.15) is 10.5 Å². The number of rotatable bonds is 2. The number of hydrogen-bond donors (Lipinski definition) is 2. The standard InChI is InChI=1S/C9H7N3O2/c13-9(14)8-7(11-5-12-8)6-2-1-3-10-4-6/h1-5H,(H,11,12)(H,13,14). The molecule has 70 valence electrons. The zero-order valence-corrected chi connectivity index (χ0v) is 7.14. The fourth-order valence-corrected chi connectivity index (χ4v) is 1.18. The number of pyridine rings is 1. The third kappa shape index (κ3) is 1.35. The Balaban J connectivity index is 2.52. The molecule has 0 saturated heterocycles. The van der Waals surface area contributed by atoms with Gasteiger partial charge in [-0.05, 0) is 12.1 Å². The van der Waals surface area contributed by atoms with E-state index in [1.165, 1.54) is 6.33 Å². The smallest absolute Gasteiger partial charge is 0.354 e. The highest BCUT2D eigenvalue weighted by atomic mass is 16.4. The summed E-state index contributed by atoms with van der Waals surface area (Å²) in [5.41, 5.74) is 1.18. The van der Waals surface area contributed by atoms with Crippen LogP contribution in [-0.4, -0.2) is 26.0 Å². The molecular weight excluding hydrogens is 182 g/mol. The zero-order chi connectivity index (χ0) is 9.97. The molecule has 0 aliphatic heterocycles. The maximum atomic E-state index is 10.8. The maximum Gasteiger partial charge on any atom is 0.354 e. The van der Waals surface area contributed by atoms with Crippen LogP contribution in [0.5, 0.6) is 0 Å². The second kappa shape index (κ2) is 3.29. The minimum absolute atomic E-state index is 0.0815. The van der Waals surface area contributed by atoms with Crippen molar-refractivity contribution in [3.63, 3.8) is 0 Å². The molecule has 2 heterocycles. The van der Waals surface area contributed by atoms with Crippen LogP contribution in [0, 0.1) is 0 Å². The number of H-pyrrole nitrogens is 1. The molecule has 2 N–H and O–H groups in total. The Morgan fingerprint density at radius 3 is 3.00 bits per heavy atom. The van der Waals surface area contributed by atoms with Gasteiger partial charge in [-0.3, -0.25) is 4.98 Å². The molecule has 0 aromatic carbocycles. The number of carboxylic acid groups (broad SMARTS) is 1. The van der Waals surface area contributed by atoms with Gasteiger partial charge < -0.3 is 10.1 Å². The Morgan fingerprint density at radius 1 is 1.50 bits per heavy atom. The molecule has 0 spiro atoms. The number of carbonyl (C=O) groups is 1. The molecule has 0 fully saturated rings. The summed E-state index contributed by atoms with van der Waals surface area (Å²) in [5.74, 6) is -1.03. The first-order valence-corrected chi connectivity index (χ1v) is 3.96. The van der Waals surface area contributed by atoms with Gasteiger partial charge in [-0.15, -0.1) is 0 Å². The number of nitrogens with one attached hydrogen (secondary N) is 1. The largest absolute Gasteiger partial charge is 0.477 e. The molecule has 14 heavy (non-hydrogen) atoms. The Hall–Kier alpha value is -2.17. The highest BCUT2D eigenvalue weighted by Crippen LogP contribution is 2.18. The molecule has 0 saturated carbocycles. The van der Waals surface area contributed by atoms with Crippen LogP contribution in [0.25, 0.3) is 11.3 Å². The first-order chi connectivity index (χ1) is 6.79. The number of imidazole rings is 1. The van der Waals surface area contributed by atoms with Gasteiger partial charge in [-0.25, -0.2) is 9.78 Å². The minimum Gasteiger partial charge on any atom is -0.477 e. The van der Waals surface area contributed by atoms with E-state index in [2.05, 4.69) is 15.0 Å². The van der Waals surface area contributed by atoms with E-state index in [-0.39, 0.29) is 5.69 Å². The number of aromatic nitrogens is 3. The monoisotopic (exact) mass is 189 g/mol. The maximum absolute atomic E-state index is 10.8. The summed E-state index contributed by atoms with van der Waals surface area (Å²) in [5, 5.41) is 8.82. The Kier molecular flexibility index (Phi) is 1.98. The number of nitrogens with zero attached hydrogens (tertiary/aromatic N) is 2. The van der Waals surface area contributed by atoms with Crippen molar-refractivity contribution < 1.29 is 9.90 Å². The average molecular weight is 189 g/mol. The van der Waals surface area contributed by atoms with Crippen LogP contribution in [0.2, 0.25) is 0 Å². The SMILES string of the molecule is O=C(O)c1[nH]cnc1-c1cccnc1. The summed E-state index contributed by atoms with van der Waals surface area (Å²) in [4.78, 5) is 21.2. The molecule has 2 aromatic heterocycles. The summed E-state index contributed by atoms with van der Waals surface area (Å²) < 4.78 is 0. The van der Waals surface area contributed by atoms with Gasteiger partial charge in [0.25, 0.3) is 0 Å². The van der Waals surface area contributed by atoms with Gasteiger partial charge in [0, 0.05) is 18.0 Å². The third-order valence-electron chi connectivity index (χ3n) is 1.79. The van der Waals surface area contributed by atoms with Gasteiger partial charge in [-0.1, -0.05) is 0 Å². The van der Waals surface area contributed by atoms with E-state index in [4.69, 9.17) is 5.11 Å². The minimum atomic E-state index is -1.03. The fourth-order valence-electron chi connectivity index (χ4n) is 1.18. The lowest BCUT2D eigenvalue weighted by molar-refractivity contribution is 0.0692. The van der Waals surface area contributed by atoms with Gasteiger partial charge in [0.1, 0.15) is 5.69 Å². The van der Waals surface area contributed by atoms with Crippen LogP contribution < -0.4 is 0 Å². The molecule has 2 rings (SSSR count). The van der Waals surface area contributed by atoms with Crippen LogP contribution in [0.15, 0.2) is 30.9 Å². The van der Waals surface area contributed by atoms with Crippen molar-refractivity contribution in [3.8, 4) is 11.3 Å². The molecule has 0 aliphatic rings. The summed E-state index contributed by atoms with van der Waals surface area (Å²) in [6.45, 7) is 0. The van der Waals surface area contributed by atoms with E-state index in [0.29, 0.717) is 11.3 Å². The lowest BCUT2D eigenvalue weighted by Gasteiger charge is -1.96. The molecule has 5 heteroatoms. The predicted octanol–water partition coefficient (Wildman–Crippen LogP) is 1.17. The van der Waals surface area contributed by atoms with E-state index in [1.807, 2.05) is 0 Å². The summed E-state index contributed by atoms with van der Waals surface area (Å²) in [6.07, 6.45) is 4.55. The quantitative estimate of drug-likeness (QED) is 0.743. The molecule has 0 bridgehead atoms. The Morgan fingerprint density at radius 2 is 2.36 bits per heavy atom. The second-order valence-corrected chi connectivity index (χ2v) is 2.67. The van der Waals surface area contributed by atoms with Crippen molar-refractivity contribution >= 4 is 5.97 Å². The topological polar surface area (TPSA) is 78.9 Å². The predicted molar refractivity (Wildman–Crippen MR) is 48.8 cm³/mol. The van der Waals surface area contributed by atoms with Gasteiger partial charge in [0.15, 0.2) is 5.69 Å². The van der Waals surface area contributed by atoms with E-state index >= 15 is 0 Å². The normalized spacial score (nSPS) is 10.0. The summed E-state index contributed by atoms with van der Waals surface area (Å²) >= 11 is 0.